The Labute approximate surface area is 183 Å². The number of nitrogens with one attached hydrogen (secondary N) is 1. The number of fused-ring (bicyclic) bond motifs is 4. The van der Waals surface area contributed by atoms with Gasteiger partial charge in [-0.15, -0.1) is 0 Å². The smallest absolute Gasteiger partial charge is 0.134 e. The molecule has 5 rings (SSSR count). The van der Waals surface area contributed by atoms with E-state index in [1.807, 2.05) is 13.0 Å². The lowest BCUT2D eigenvalue weighted by molar-refractivity contribution is 0.120. The van der Waals surface area contributed by atoms with Gasteiger partial charge in [0.15, 0.2) is 0 Å². The predicted molar refractivity (Wildman–Crippen MR) is 118 cm³/mol. The fourth-order valence-electron chi connectivity index (χ4n) is 5.49. The van der Waals surface area contributed by atoms with Crippen LogP contribution in [0, 0.1) is 6.92 Å². The van der Waals surface area contributed by atoms with E-state index in [2.05, 4.69) is 22.3 Å². The molecule has 3 atom stereocenters. The van der Waals surface area contributed by atoms with E-state index in [-0.39, 0.29) is 12.7 Å². The largest absolute Gasteiger partial charge is 0.496 e. The summed E-state index contributed by atoms with van der Waals surface area (Å²) in [7, 11) is 1.64. The Morgan fingerprint density at radius 2 is 2.16 bits per heavy atom. The first-order valence-corrected chi connectivity index (χ1v) is 11.4. The molecule has 0 amide bonds. The van der Waals surface area contributed by atoms with E-state index >= 15 is 0 Å². The van der Waals surface area contributed by atoms with Crippen LogP contribution in [-0.4, -0.2) is 52.4 Å². The van der Waals surface area contributed by atoms with Crippen molar-refractivity contribution >= 4 is 5.82 Å². The molecule has 4 heterocycles. The van der Waals surface area contributed by atoms with Gasteiger partial charge < -0.3 is 19.9 Å². The standard InChI is InChI=1S/C24H32N4O3/c1-15-26-20-11-18-6-7-21(23(20)24(27-15)25-12-19-4-3-9-31-19)28(18)13-16-5-8-22(30-2)17(10-16)14-29/h5,8,10,18-19,21,29H,3-4,6-7,9,11-14H2,1-2H3,(H,25,26,27)/t18-,19-,21-/m0/s1. The number of ether oxygens (including phenoxy) is 2. The number of aliphatic hydroxyl groups is 1. The molecule has 2 saturated heterocycles. The molecule has 2 N–H and O–H groups in total. The highest BCUT2D eigenvalue weighted by Gasteiger charge is 2.42. The Hall–Kier alpha value is -2.22. The van der Waals surface area contributed by atoms with Gasteiger partial charge in [0.25, 0.3) is 0 Å². The Balaban J connectivity index is 1.40. The zero-order chi connectivity index (χ0) is 21.4. The van der Waals surface area contributed by atoms with Crippen LogP contribution in [0.1, 0.15) is 59.9 Å². The average Bonchev–Trinajstić information content (AvgIpc) is 3.38. The van der Waals surface area contributed by atoms with Crippen LogP contribution in [0.3, 0.4) is 0 Å². The van der Waals surface area contributed by atoms with E-state index < -0.39 is 0 Å². The minimum absolute atomic E-state index is 0.0167. The van der Waals surface area contributed by atoms with E-state index in [0.717, 1.165) is 68.3 Å². The lowest BCUT2D eigenvalue weighted by Gasteiger charge is -2.37. The molecule has 2 aromatic rings. The van der Waals surface area contributed by atoms with Crippen molar-refractivity contribution in [3.8, 4) is 5.75 Å². The first kappa shape index (κ1) is 20.7. The van der Waals surface area contributed by atoms with Gasteiger partial charge in [-0.05, 0) is 50.3 Å². The lowest BCUT2D eigenvalue weighted by atomic mass is 9.96. The molecule has 31 heavy (non-hydrogen) atoms. The predicted octanol–water partition coefficient (Wildman–Crippen LogP) is 3.14. The van der Waals surface area contributed by atoms with Crippen LogP contribution in [0.5, 0.6) is 5.75 Å². The molecular formula is C24H32N4O3. The van der Waals surface area contributed by atoms with Crippen molar-refractivity contribution in [3.63, 3.8) is 0 Å². The third kappa shape index (κ3) is 4.02. The number of anilines is 1. The maximum absolute atomic E-state index is 9.71. The second kappa shape index (κ2) is 8.73. The second-order valence-corrected chi connectivity index (χ2v) is 8.92. The Kier molecular flexibility index (Phi) is 5.82. The van der Waals surface area contributed by atoms with Gasteiger partial charge in [-0.3, -0.25) is 4.90 Å². The normalized spacial score (nSPS) is 24.9. The number of aliphatic hydroxyl groups excluding tert-OH is 1. The van der Waals surface area contributed by atoms with Gasteiger partial charge in [0.1, 0.15) is 17.4 Å². The van der Waals surface area contributed by atoms with Crippen LogP contribution < -0.4 is 10.1 Å². The zero-order valence-electron chi connectivity index (χ0n) is 18.4. The Morgan fingerprint density at radius 3 is 2.94 bits per heavy atom. The number of hydrogen-bond donors (Lipinski definition) is 2. The molecule has 0 spiro atoms. The lowest BCUT2D eigenvalue weighted by Crippen LogP contribution is -2.38. The van der Waals surface area contributed by atoms with Gasteiger partial charge in [0.05, 0.1) is 25.5 Å². The van der Waals surface area contributed by atoms with Crippen molar-refractivity contribution in [1.82, 2.24) is 14.9 Å². The Morgan fingerprint density at radius 1 is 1.26 bits per heavy atom. The van der Waals surface area contributed by atoms with Crippen molar-refractivity contribution in [2.45, 2.75) is 70.4 Å². The van der Waals surface area contributed by atoms with Crippen LogP contribution in [0.2, 0.25) is 0 Å². The highest BCUT2D eigenvalue weighted by Crippen LogP contribution is 2.46. The fraction of sp³-hybridized carbons (Fsp3) is 0.583. The summed E-state index contributed by atoms with van der Waals surface area (Å²) in [5.41, 5.74) is 4.51. The van der Waals surface area contributed by atoms with Crippen LogP contribution >= 0.6 is 0 Å². The maximum Gasteiger partial charge on any atom is 0.134 e. The van der Waals surface area contributed by atoms with Gasteiger partial charge in [-0.1, -0.05) is 6.07 Å². The molecule has 0 unspecified atom stereocenters. The molecule has 1 aromatic carbocycles. The van der Waals surface area contributed by atoms with Gasteiger partial charge in [0, 0.05) is 49.3 Å². The highest BCUT2D eigenvalue weighted by molar-refractivity contribution is 5.51. The van der Waals surface area contributed by atoms with Gasteiger partial charge in [-0.25, -0.2) is 9.97 Å². The molecule has 3 aliphatic heterocycles. The summed E-state index contributed by atoms with van der Waals surface area (Å²) < 4.78 is 11.2. The van der Waals surface area contributed by atoms with Gasteiger partial charge in [0.2, 0.25) is 0 Å². The number of aromatic nitrogens is 2. The van der Waals surface area contributed by atoms with Crippen molar-refractivity contribution < 1.29 is 14.6 Å². The monoisotopic (exact) mass is 424 g/mol. The minimum atomic E-state index is -0.0167. The average molecular weight is 425 g/mol. The number of hydrogen-bond acceptors (Lipinski definition) is 7. The third-order valence-corrected chi connectivity index (χ3v) is 6.94. The van der Waals surface area contributed by atoms with Gasteiger partial charge >= 0.3 is 0 Å². The van der Waals surface area contributed by atoms with E-state index in [9.17, 15) is 5.11 Å². The quantitative estimate of drug-likeness (QED) is 0.707. The first-order valence-electron chi connectivity index (χ1n) is 11.4. The van der Waals surface area contributed by atoms with Gasteiger partial charge in [-0.2, -0.15) is 0 Å². The van der Waals surface area contributed by atoms with Crippen molar-refractivity contribution in [1.29, 1.82) is 0 Å². The van der Waals surface area contributed by atoms with Crippen LogP contribution in [0.15, 0.2) is 18.2 Å². The van der Waals surface area contributed by atoms with Crippen LogP contribution in [0.25, 0.3) is 0 Å². The topological polar surface area (TPSA) is 79.7 Å². The van der Waals surface area contributed by atoms with Crippen molar-refractivity contribution in [3.05, 3.63) is 46.4 Å². The van der Waals surface area contributed by atoms with Crippen LogP contribution in [-0.2, 0) is 24.3 Å². The number of benzene rings is 1. The van der Waals surface area contributed by atoms with Crippen LogP contribution in [0.4, 0.5) is 5.82 Å². The summed E-state index contributed by atoms with van der Waals surface area (Å²) in [6.45, 7) is 4.49. The zero-order valence-corrected chi connectivity index (χ0v) is 18.4. The summed E-state index contributed by atoms with van der Waals surface area (Å²) in [6, 6.07) is 6.95. The summed E-state index contributed by atoms with van der Waals surface area (Å²) in [5, 5.41) is 13.3. The van der Waals surface area contributed by atoms with Crippen molar-refractivity contribution in [2.24, 2.45) is 0 Å². The summed E-state index contributed by atoms with van der Waals surface area (Å²) in [5.74, 6) is 2.56. The molecular weight excluding hydrogens is 392 g/mol. The summed E-state index contributed by atoms with van der Waals surface area (Å²) in [4.78, 5) is 12.2. The second-order valence-electron chi connectivity index (χ2n) is 8.92. The number of nitrogens with zero attached hydrogens (tertiary/aromatic N) is 3. The first-order chi connectivity index (χ1) is 15.2. The maximum atomic E-state index is 9.71. The fourth-order valence-corrected chi connectivity index (χ4v) is 5.49. The summed E-state index contributed by atoms with van der Waals surface area (Å²) in [6.07, 6.45) is 5.80. The van der Waals surface area contributed by atoms with E-state index in [4.69, 9.17) is 19.4 Å². The summed E-state index contributed by atoms with van der Waals surface area (Å²) >= 11 is 0. The molecule has 0 saturated carbocycles. The van der Waals surface area contributed by atoms with Crippen molar-refractivity contribution in [2.75, 3.05) is 25.6 Å². The molecule has 166 valence electrons. The van der Waals surface area contributed by atoms with E-state index in [1.165, 1.54) is 23.2 Å². The number of methoxy groups -OCH3 is 1. The molecule has 3 aliphatic rings. The SMILES string of the molecule is COc1ccc(CN2[C@H]3CC[C@H]2c2c(nc(C)nc2NC[C@@H]2CCCO2)C3)cc1CO. The molecule has 2 fully saturated rings. The number of rotatable bonds is 7. The molecule has 1 aromatic heterocycles. The molecule has 7 nitrogen and oxygen atoms in total. The molecule has 0 radical (unpaired) electrons. The van der Waals surface area contributed by atoms with E-state index in [1.54, 1.807) is 7.11 Å². The molecule has 7 heteroatoms. The molecule has 2 bridgehead atoms. The third-order valence-electron chi connectivity index (χ3n) is 6.94. The highest BCUT2D eigenvalue weighted by atomic mass is 16.5. The molecule has 0 aliphatic carbocycles. The Bertz CT molecular complexity index is 945. The van der Waals surface area contributed by atoms with E-state index in [0.29, 0.717) is 12.1 Å². The number of aryl methyl sites for hydroxylation is 1. The minimum Gasteiger partial charge on any atom is -0.496 e.